The van der Waals surface area contributed by atoms with Crippen molar-refractivity contribution in [2.24, 2.45) is 5.92 Å². The number of benzene rings is 2. The molecule has 0 bridgehead atoms. The molecule has 3 aromatic rings. The topological polar surface area (TPSA) is 58.2 Å². The van der Waals surface area contributed by atoms with Crippen LogP contribution >= 0.6 is 11.3 Å². The van der Waals surface area contributed by atoms with Gasteiger partial charge in [0.25, 0.3) is 10.0 Å². The van der Waals surface area contributed by atoms with Crippen molar-refractivity contribution in [3.05, 3.63) is 60.2 Å². The highest BCUT2D eigenvalue weighted by Crippen LogP contribution is 2.33. The van der Waals surface area contributed by atoms with Crippen LogP contribution in [0, 0.1) is 5.92 Å². The number of hydrogen-bond acceptors (Lipinski definition) is 4. The van der Waals surface area contributed by atoms with Crippen LogP contribution in [0.2, 0.25) is 0 Å². The molecule has 4 rings (SSSR count). The molecule has 1 aliphatic rings. The van der Waals surface area contributed by atoms with Crippen LogP contribution in [0.25, 0.3) is 10.1 Å². The van der Waals surface area contributed by atoms with Crippen molar-refractivity contribution in [1.82, 2.24) is 5.32 Å². The first-order valence-electron chi connectivity index (χ1n) is 11.1. The Morgan fingerprint density at radius 1 is 1.00 bits per heavy atom. The molecule has 178 valence electrons. The van der Waals surface area contributed by atoms with Crippen LogP contribution in [0.3, 0.4) is 0 Å². The predicted molar refractivity (Wildman–Crippen MR) is 127 cm³/mol. The van der Waals surface area contributed by atoms with Gasteiger partial charge in [-0.15, -0.1) is 11.3 Å². The normalized spacial score (nSPS) is 16.7. The summed E-state index contributed by atoms with van der Waals surface area (Å²) in [5, 5.41) is 3.48. The molecular weight excluding hydrogens is 469 g/mol. The maximum Gasteiger partial charge on any atom is 0.403 e. The van der Waals surface area contributed by atoms with Gasteiger partial charge >= 0.3 is 6.18 Å². The third-order valence-electron chi connectivity index (χ3n) is 6.16. The summed E-state index contributed by atoms with van der Waals surface area (Å²) in [6.45, 7) is -0.0813. The van der Waals surface area contributed by atoms with Crippen molar-refractivity contribution < 1.29 is 21.6 Å². The Bertz CT molecular complexity index is 1150. The summed E-state index contributed by atoms with van der Waals surface area (Å²) in [6.07, 6.45) is 0.422. The summed E-state index contributed by atoms with van der Waals surface area (Å²) in [4.78, 5) is 0. The molecule has 1 heterocycles. The molecule has 2 N–H and O–H groups in total. The molecule has 33 heavy (non-hydrogen) atoms. The molecule has 0 amide bonds. The zero-order valence-corrected chi connectivity index (χ0v) is 19.7. The molecule has 4 nitrogen and oxygen atoms in total. The van der Waals surface area contributed by atoms with E-state index in [0.29, 0.717) is 5.56 Å². The molecule has 1 saturated carbocycles. The molecule has 2 aromatic carbocycles. The fourth-order valence-electron chi connectivity index (χ4n) is 4.38. The second-order valence-corrected chi connectivity index (χ2v) is 11.6. The summed E-state index contributed by atoms with van der Waals surface area (Å²) >= 11 is 1.16. The van der Waals surface area contributed by atoms with Crippen LogP contribution in [0.5, 0.6) is 0 Å². The van der Waals surface area contributed by atoms with Crippen LogP contribution in [0.15, 0.2) is 58.8 Å². The van der Waals surface area contributed by atoms with Crippen LogP contribution in [0.1, 0.15) is 44.1 Å². The van der Waals surface area contributed by atoms with Gasteiger partial charge in [-0.25, -0.2) is 8.42 Å². The molecule has 0 aliphatic heterocycles. The zero-order valence-electron chi connectivity index (χ0n) is 18.1. The number of rotatable bonds is 8. The molecule has 0 saturated heterocycles. The fourth-order valence-corrected chi connectivity index (χ4v) is 6.88. The molecule has 1 fully saturated rings. The number of alkyl halides is 3. The Balaban J connectivity index is 1.49. The van der Waals surface area contributed by atoms with Gasteiger partial charge in [0.1, 0.15) is 10.3 Å². The van der Waals surface area contributed by atoms with Gasteiger partial charge in [-0.1, -0.05) is 68.5 Å². The Morgan fingerprint density at radius 2 is 1.70 bits per heavy atom. The largest absolute Gasteiger partial charge is 0.403 e. The predicted octanol–water partition coefficient (Wildman–Crippen LogP) is 6.69. The van der Waals surface area contributed by atoms with E-state index in [4.69, 9.17) is 0 Å². The Kier molecular flexibility index (Phi) is 7.31. The van der Waals surface area contributed by atoms with Gasteiger partial charge in [0.2, 0.25) is 0 Å². The SMILES string of the molecule is O=S(=O)(Nc1ccccc1CNC(CC1CCCCC1)C(F)(F)F)c1cc2ccccc2s1. The van der Waals surface area contributed by atoms with Crippen molar-refractivity contribution in [3.8, 4) is 0 Å². The number of sulfonamides is 1. The van der Waals surface area contributed by atoms with Crippen LogP contribution in [-0.2, 0) is 16.6 Å². The highest BCUT2D eigenvalue weighted by atomic mass is 32.2. The van der Waals surface area contributed by atoms with E-state index in [9.17, 15) is 21.6 Å². The summed E-state index contributed by atoms with van der Waals surface area (Å²) in [6, 6.07) is 13.9. The summed E-state index contributed by atoms with van der Waals surface area (Å²) < 4.78 is 70.6. The van der Waals surface area contributed by atoms with Gasteiger partial charge in [-0.3, -0.25) is 4.72 Å². The lowest BCUT2D eigenvalue weighted by molar-refractivity contribution is -0.160. The van der Waals surface area contributed by atoms with Gasteiger partial charge in [0.05, 0.1) is 5.69 Å². The van der Waals surface area contributed by atoms with E-state index in [2.05, 4.69) is 10.0 Å². The van der Waals surface area contributed by atoms with Gasteiger partial charge in [-0.2, -0.15) is 13.2 Å². The molecular formula is C24H27F3N2O2S2. The number of hydrogen-bond donors (Lipinski definition) is 2. The Hall–Kier alpha value is -2.10. The lowest BCUT2D eigenvalue weighted by Gasteiger charge is -2.29. The lowest BCUT2D eigenvalue weighted by atomic mass is 9.84. The number of halogens is 3. The summed E-state index contributed by atoms with van der Waals surface area (Å²) in [5.74, 6) is 0.0691. The molecule has 0 spiro atoms. The quantitative estimate of drug-likeness (QED) is 0.365. The second-order valence-electron chi connectivity index (χ2n) is 8.58. The molecule has 1 atom stereocenters. The molecule has 1 unspecified atom stereocenters. The van der Waals surface area contributed by atoms with E-state index in [1.165, 1.54) is 0 Å². The Morgan fingerprint density at radius 3 is 2.42 bits per heavy atom. The number of thiophene rings is 1. The van der Waals surface area contributed by atoms with Gasteiger partial charge in [0.15, 0.2) is 0 Å². The average molecular weight is 497 g/mol. The summed E-state index contributed by atoms with van der Waals surface area (Å²) in [7, 11) is -3.87. The first-order chi connectivity index (χ1) is 15.7. The molecule has 0 radical (unpaired) electrons. The minimum absolute atomic E-state index is 0.0547. The maximum atomic E-state index is 13.7. The number of anilines is 1. The van der Waals surface area contributed by atoms with E-state index in [0.717, 1.165) is 53.5 Å². The van der Waals surface area contributed by atoms with Crippen molar-refractivity contribution in [1.29, 1.82) is 0 Å². The fraction of sp³-hybridized carbons (Fsp3) is 0.417. The summed E-state index contributed by atoms with van der Waals surface area (Å²) in [5.41, 5.74) is 0.751. The van der Waals surface area contributed by atoms with Gasteiger partial charge in [-0.05, 0) is 41.5 Å². The van der Waals surface area contributed by atoms with E-state index in [-0.39, 0.29) is 28.8 Å². The Labute approximate surface area is 196 Å². The van der Waals surface area contributed by atoms with Crippen LogP contribution in [-0.4, -0.2) is 20.6 Å². The third-order valence-corrected chi connectivity index (χ3v) is 9.11. The molecule has 9 heteroatoms. The van der Waals surface area contributed by atoms with E-state index in [1.54, 1.807) is 30.3 Å². The van der Waals surface area contributed by atoms with E-state index in [1.807, 2.05) is 24.3 Å². The average Bonchev–Trinajstić information content (AvgIpc) is 3.23. The highest BCUT2D eigenvalue weighted by molar-refractivity contribution is 7.94. The zero-order chi connectivity index (χ0) is 23.5. The van der Waals surface area contributed by atoms with Crippen molar-refractivity contribution in [2.45, 2.75) is 61.5 Å². The van der Waals surface area contributed by atoms with Crippen LogP contribution < -0.4 is 10.0 Å². The molecule has 1 aromatic heterocycles. The maximum absolute atomic E-state index is 13.7. The first kappa shape index (κ1) is 24.0. The third kappa shape index (κ3) is 6.07. The van der Waals surface area contributed by atoms with Crippen molar-refractivity contribution in [2.75, 3.05) is 4.72 Å². The number of para-hydroxylation sites is 1. The van der Waals surface area contributed by atoms with Gasteiger partial charge < -0.3 is 5.32 Å². The smallest absolute Gasteiger partial charge is 0.302 e. The minimum atomic E-state index is -4.36. The van der Waals surface area contributed by atoms with Crippen molar-refractivity contribution in [3.63, 3.8) is 0 Å². The standard InChI is InChI=1S/C24H27F3N2O2S2/c25-24(26,27)22(14-17-8-2-1-3-9-17)28-16-19-11-4-6-12-20(19)29-33(30,31)23-15-18-10-5-7-13-21(18)32-23/h4-7,10-13,15,17,22,28-29H,1-3,8-9,14,16H2. The lowest BCUT2D eigenvalue weighted by Crippen LogP contribution is -2.43. The minimum Gasteiger partial charge on any atom is -0.302 e. The highest BCUT2D eigenvalue weighted by Gasteiger charge is 2.40. The van der Waals surface area contributed by atoms with E-state index >= 15 is 0 Å². The number of nitrogens with one attached hydrogen (secondary N) is 2. The number of fused-ring (bicyclic) bond motifs is 1. The van der Waals surface area contributed by atoms with Crippen LogP contribution in [0.4, 0.5) is 18.9 Å². The monoisotopic (exact) mass is 496 g/mol. The van der Waals surface area contributed by atoms with Gasteiger partial charge in [0, 0.05) is 11.2 Å². The second kappa shape index (κ2) is 10.0. The first-order valence-corrected chi connectivity index (χ1v) is 13.4. The molecule has 1 aliphatic carbocycles. The van der Waals surface area contributed by atoms with Crippen molar-refractivity contribution >= 4 is 37.1 Å². The van der Waals surface area contributed by atoms with E-state index < -0.39 is 22.2 Å².